The second kappa shape index (κ2) is 7.17. The number of carbonyl (C=O) groups excluding carboxylic acids is 2. The van der Waals surface area contributed by atoms with Gasteiger partial charge in [-0.15, -0.1) is 0 Å². The number of nitrogens with one attached hydrogen (secondary N) is 1. The summed E-state index contributed by atoms with van der Waals surface area (Å²) in [5.41, 5.74) is 0.872. The van der Waals surface area contributed by atoms with Gasteiger partial charge in [0.15, 0.2) is 5.78 Å². The van der Waals surface area contributed by atoms with Gasteiger partial charge in [-0.1, -0.05) is 6.92 Å². The van der Waals surface area contributed by atoms with Gasteiger partial charge < -0.3 is 14.6 Å². The van der Waals surface area contributed by atoms with Crippen molar-refractivity contribution in [3.63, 3.8) is 0 Å². The van der Waals surface area contributed by atoms with E-state index in [0.717, 1.165) is 5.69 Å². The van der Waals surface area contributed by atoms with Crippen molar-refractivity contribution in [2.24, 2.45) is 0 Å². The predicted octanol–water partition coefficient (Wildman–Crippen LogP) is 2.73. The predicted molar refractivity (Wildman–Crippen MR) is 100 cm³/mol. The number of fused-ring (bicyclic) bond motifs is 1. The second-order valence-electron chi connectivity index (χ2n) is 7.90. The van der Waals surface area contributed by atoms with E-state index in [2.05, 4.69) is 10.1 Å². The minimum Gasteiger partial charge on any atom is -0.444 e. The Morgan fingerprint density at radius 3 is 2.56 bits per heavy atom. The highest BCUT2D eigenvalue weighted by molar-refractivity contribution is 6.01. The van der Waals surface area contributed by atoms with Gasteiger partial charge in [-0.2, -0.15) is 5.10 Å². The van der Waals surface area contributed by atoms with Gasteiger partial charge in [0.2, 0.25) is 0 Å². The third kappa shape index (κ3) is 4.04. The summed E-state index contributed by atoms with van der Waals surface area (Å²) in [5, 5.41) is 4.33. The highest BCUT2D eigenvalue weighted by atomic mass is 16.6. The molecule has 8 heteroatoms. The first kappa shape index (κ1) is 19.1. The van der Waals surface area contributed by atoms with E-state index >= 15 is 0 Å². The Balaban J connectivity index is 1.81. The molecule has 1 aliphatic heterocycles. The lowest BCUT2D eigenvalue weighted by atomic mass is 9.93. The maximum Gasteiger partial charge on any atom is 0.410 e. The number of nitrogens with zero attached hydrogens (tertiary/aromatic N) is 3. The molecule has 1 N–H and O–H groups in total. The van der Waals surface area contributed by atoms with Crippen LogP contribution in [0.1, 0.15) is 68.9 Å². The van der Waals surface area contributed by atoms with E-state index in [1.165, 1.54) is 12.3 Å². The van der Waals surface area contributed by atoms with Gasteiger partial charge in [0.1, 0.15) is 11.2 Å². The zero-order valence-electron chi connectivity index (χ0n) is 16.2. The molecule has 0 unspecified atom stereocenters. The lowest BCUT2D eigenvalue weighted by Crippen LogP contribution is -2.41. The molecular formula is C19H26N4O4. The van der Waals surface area contributed by atoms with Crippen molar-refractivity contribution in [3.05, 3.63) is 33.9 Å². The largest absolute Gasteiger partial charge is 0.444 e. The number of ketones is 1. The highest BCUT2D eigenvalue weighted by Gasteiger charge is 2.29. The number of Topliss-reactive ketones (excluding diaryl/α,β-unsaturated/α-hetero) is 1. The second-order valence-corrected chi connectivity index (χ2v) is 7.90. The van der Waals surface area contributed by atoms with E-state index in [1.54, 1.807) is 16.3 Å². The van der Waals surface area contributed by atoms with Gasteiger partial charge in [0.25, 0.3) is 5.56 Å². The zero-order valence-corrected chi connectivity index (χ0v) is 16.2. The van der Waals surface area contributed by atoms with Gasteiger partial charge in [0, 0.05) is 31.5 Å². The monoisotopic (exact) mass is 374 g/mol. The quantitative estimate of drug-likeness (QED) is 0.833. The number of aromatic amines is 1. The van der Waals surface area contributed by atoms with Crippen molar-refractivity contribution in [2.45, 2.75) is 58.5 Å². The molecule has 0 bridgehead atoms. The summed E-state index contributed by atoms with van der Waals surface area (Å²) in [5.74, 6) is 0.0236. The number of rotatable bonds is 3. The van der Waals surface area contributed by atoms with E-state index < -0.39 is 5.60 Å². The molecule has 3 rings (SSSR count). The van der Waals surface area contributed by atoms with E-state index in [-0.39, 0.29) is 23.4 Å². The Bertz CT molecular complexity index is 914. The fourth-order valence-corrected chi connectivity index (χ4v) is 3.38. The highest BCUT2D eigenvalue weighted by Crippen LogP contribution is 2.28. The molecule has 8 nitrogen and oxygen atoms in total. The summed E-state index contributed by atoms with van der Waals surface area (Å²) < 4.78 is 7.08. The van der Waals surface area contributed by atoms with Crippen LogP contribution in [0.3, 0.4) is 0 Å². The van der Waals surface area contributed by atoms with Gasteiger partial charge in [-0.25, -0.2) is 9.31 Å². The van der Waals surface area contributed by atoms with Gasteiger partial charge in [-0.3, -0.25) is 9.59 Å². The van der Waals surface area contributed by atoms with Crippen molar-refractivity contribution in [1.29, 1.82) is 0 Å². The molecule has 2 aromatic rings. The Kier molecular flexibility index (Phi) is 5.08. The summed E-state index contributed by atoms with van der Waals surface area (Å²) >= 11 is 0. The fourth-order valence-electron chi connectivity index (χ4n) is 3.38. The molecule has 27 heavy (non-hydrogen) atoms. The third-order valence-corrected chi connectivity index (χ3v) is 4.72. The molecule has 1 amide bonds. The molecule has 0 aliphatic carbocycles. The van der Waals surface area contributed by atoms with Gasteiger partial charge >= 0.3 is 6.09 Å². The summed E-state index contributed by atoms with van der Waals surface area (Å²) in [7, 11) is 0. The van der Waals surface area contributed by atoms with Crippen LogP contribution < -0.4 is 5.56 Å². The zero-order chi connectivity index (χ0) is 19.8. The van der Waals surface area contributed by atoms with Crippen LogP contribution in [0.25, 0.3) is 5.65 Å². The molecule has 3 heterocycles. The number of hydrogen-bond donors (Lipinski definition) is 1. The van der Waals surface area contributed by atoms with Crippen LogP contribution in [0, 0.1) is 0 Å². The van der Waals surface area contributed by atoms with Crippen LogP contribution in [-0.4, -0.2) is 50.1 Å². The molecule has 0 saturated carbocycles. The van der Waals surface area contributed by atoms with Crippen molar-refractivity contribution in [1.82, 2.24) is 19.5 Å². The molecule has 0 radical (unpaired) electrons. The molecule has 0 atom stereocenters. The lowest BCUT2D eigenvalue weighted by Gasteiger charge is -2.33. The number of ether oxygens (including phenoxy) is 1. The van der Waals surface area contributed by atoms with Gasteiger partial charge in [0.05, 0.1) is 17.5 Å². The number of likely N-dealkylation sites (tertiary alicyclic amines) is 1. The summed E-state index contributed by atoms with van der Waals surface area (Å²) in [6, 6.07) is 1.54. The van der Waals surface area contributed by atoms with Crippen LogP contribution in [0.15, 0.2) is 17.1 Å². The minimum absolute atomic E-state index is 0.0578. The number of amides is 1. The van der Waals surface area contributed by atoms with Crippen LogP contribution in [-0.2, 0) is 4.74 Å². The standard InChI is InChI=1S/C19H26N4O4/c1-5-15(24)13-11-20-23-14(10-16(25)21-17(13)23)12-6-8-22(9-7-12)18(26)27-19(2,3)4/h10-12H,5-9H2,1-4H3,(H,21,25). The summed E-state index contributed by atoms with van der Waals surface area (Å²) in [6.07, 6.45) is 2.95. The van der Waals surface area contributed by atoms with Gasteiger partial charge in [-0.05, 0) is 33.6 Å². The normalized spacial score (nSPS) is 15.9. The Morgan fingerprint density at radius 2 is 1.96 bits per heavy atom. The topological polar surface area (TPSA) is 96.8 Å². The molecule has 1 aliphatic rings. The molecule has 0 aromatic carbocycles. The maximum absolute atomic E-state index is 12.2. The van der Waals surface area contributed by atoms with Crippen molar-refractivity contribution >= 4 is 17.5 Å². The summed E-state index contributed by atoms with van der Waals surface area (Å²) in [6.45, 7) is 8.42. The lowest BCUT2D eigenvalue weighted by molar-refractivity contribution is 0.0203. The van der Waals surface area contributed by atoms with Crippen LogP contribution >= 0.6 is 0 Å². The molecular weight excluding hydrogens is 348 g/mol. The molecule has 1 saturated heterocycles. The maximum atomic E-state index is 12.2. The Hall–Kier alpha value is -2.64. The average Bonchev–Trinajstić information content (AvgIpc) is 3.02. The smallest absolute Gasteiger partial charge is 0.410 e. The van der Waals surface area contributed by atoms with E-state index in [4.69, 9.17) is 4.74 Å². The number of aromatic nitrogens is 3. The average molecular weight is 374 g/mol. The minimum atomic E-state index is -0.524. The molecule has 2 aromatic heterocycles. The summed E-state index contributed by atoms with van der Waals surface area (Å²) in [4.78, 5) is 40.9. The Morgan fingerprint density at radius 1 is 1.30 bits per heavy atom. The third-order valence-electron chi connectivity index (χ3n) is 4.72. The van der Waals surface area contributed by atoms with Crippen molar-refractivity contribution in [3.8, 4) is 0 Å². The van der Waals surface area contributed by atoms with Crippen LogP contribution in [0.5, 0.6) is 0 Å². The first-order valence-corrected chi connectivity index (χ1v) is 9.31. The van der Waals surface area contributed by atoms with Crippen LogP contribution in [0.2, 0.25) is 0 Å². The number of H-pyrrole nitrogens is 1. The van der Waals surface area contributed by atoms with E-state index in [1.807, 2.05) is 20.8 Å². The van der Waals surface area contributed by atoms with Crippen LogP contribution in [0.4, 0.5) is 4.79 Å². The first-order valence-electron chi connectivity index (χ1n) is 9.31. The first-order chi connectivity index (χ1) is 12.7. The Labute approximate surface area is 157 Å². The van der Waals surface area contributed by atoms with E-state index in [0.29, 0.717) is 43.6 Å². The van der Waals surface area contributed by atoms with E-state index in [9.17, 15) is 14.4 Å². The fraction of sp³-hybridized carbons (Fsp3) is 0.579. The number of piperidine rings is 1. The molecule has 1 fully saturated rings. The SMILES string of the molecule is CCC(=O)c1cnn2c(C3CCN(C(=O)OC(C)(C)C)CC3)cc(=O)[nH]c12. The van der Waals surface area contributed by atoms with Crippen molar-refractivity contribution < 1.29 is 14.3 Å². The van der Waals surface area contributed by atoms with Crippen molar-refractivity contribution in [2.75, 3.05) is 13.1 Å². The molecule has 146 valence electrons. The number of carbonyl (C=O) groups is 2. The molecule has 0 spiro atoms. The number of hydrogen-bond acceptors (Lipinski definition) is 5.